The fraction of sp³-hybridized carbons (Fsp3) is 0.118. The lowest BCUT2D eigenvalue weighted by Gasteiger charge is -2.16. The lowest BCUT2D eigenvalue weighted by Crippen LogP contribution is -2.26. The maximum atomic E-state index is 12.3. The van der Waals surface area contributed by atoms with Crippen molar-refractivity contribution in [2.45, 2.75) is 13.0 Å². The van der Waals surface area contributed by atoms with Crippen molar-refractivity contribution in [2.24, 2.45) is 0 Å². The average Bonchev–Trinajstić information content (AvgIpc) is 3.04. The second kappa shape index (κ2) is 6.18. The molecule has 116 valence electrons. The minimum absolute atomic E-state index is 0.0343. The molecule has 1 amide bonds. The molecule has 3 aromatic rings. The standard InChI is InChI=1S/C17H14N2O3S/c1-11(13-8-4-6-12-5-2-3-7-14(12)13)18-17(20)15-9-10-16(23-15)19(21)22/h2-11H,1H3,(H,18,20). The van der Waals surface area contributed by atoms with E-state index in [1.165, 1.54) is 12.1 Å². The third kappa shape index (κ3) is 3.07. The van der Waals surface area contributed by atoms with Gasteiger partial charge in [0.15, 0.2) is 0 Å². The van der Waals surface area contributed by atoms with Gasteiger partial charge < -0.3 is 5.32 Å². The molecule has 1 heterocycles. The largest absolute Gasteiger partial charge is 0.345 e. The molecule has 1 N–H and O–H groups in total. The van der Waals surface area contributed by atoms with Crippen molar-refractivity contribution in [1.29, 1.82) is 0 Å². The molecular weight excluding hydrogens is 312 g/mol. The number of nitrogens with zero attached hydrogens (tertiary/aromatic N) is 1. The van der Waals surface area contributed by atoms with E-state index in [4.69, 9.17) is 0 Å². The van der Waals surface area contributed by atoms with Gasteiger partial charge in [-0.1, -0.05) is 53.8 Å². The number of hydrogen-bond donors (Lipinski definition) is 1. The van der Waals surface area contributed by atoms with E-state index in [9.17, 15) is 14.9 Å². The van der Waals surface area contributed by atoms with Crippen LogP contribution in [0.3, 0.4) is 0 Å². The summed E-state index contributed by atoms with van der Waals surface area (Å²) in [7, 11) is 0. The topological polar surface area (TPSA) is 72.2 Å². The van der Waals surface area contributed by atoms with Crippen LogP contribution in [0, 0.1) is 10.1 Å². The van der Waals surface area contributed by atoms with Gasteiger partial charge in [-0.15, -0.1) is 0 Å². The molecule has 1 unspecified atom stereocenters. The van der Waals surface area contributed by atoms with Crippen LogP contribution in [0.15, 0.2) is 54.6 Å². The van der Waals surface area contributed by atoms with Crippen molar-refractivity contribution in [2.75, 3.05) is 0 Å². The zero-order valence-corrected chi connectivity index (χ0v) is 13.2. The first-order chi connectivity index (χ1) is 11.1. The van der Waals surface area contributed by atoms with Crippen LogP contribution < -0.4 is 5.32 Å². The summed E-state index contributed by atoms with van der Waals surface area (Å²) < 4.78 is 0. The Morgan fingerprint density at radius 1 is 1.13 bits per heavy atom. The molecule has 1 atom stereocenters. The van der Waals surface area contributed by atoms with Gasteiger partial charge in [0.1, 0.15) is 0 Å². The van der Waals surface area contributed by atoms with Gasteiger partial charge in [0.05, 0.1) is 15.8 Å². The average molecular weight is 326 g/mol. The lowest BCUT2D eigenvalue weighted by molar-refractivity contribution is -0.380. The van der Waals surface area contributed by atoms with Gasteiger partial charge in [-0.05, 0) is 29.3 Å². The Kier molecular flexibility index (Phi) is 4.08. The number of fused-ring (bicyclic) bond motifs is 1. The minimum Gasteiger partial charge on any atom is -0.345 e. The molecule has 0 aliphatic rings. The first-order valence-electron chi connectivity index (χ1n) is 7.09. The van der Waals surface area contributed by atoms with E-state index in [0.717, 1.165) is 27.7 Å². The molecule has 0 bridgehead atoms. The molecule has 6 heteroatoms. The summed E-state index contributed by atoms with van der Waals surface area (Å²) in [5.41, 5.74) is 1.02. The summed E-state index contributed by atoms with van der Waals surface area (Å²) >= 11 is 0.879. The van der Waals surface area contributed by atoms with Gasteiger partial charge in [0.25, 0.3) is 5.91 Å². The van der Waals surface area contributed by atoms with Crippen LogP contribution in [0.4, 0.5) is 5.00 Å². The minimum atomic E-state index is -0.490. The van der Waals surface area contributed by atoms with E-state index in [0.29, 0.717) is 4.88 Å². The number of amides is 1. The number of thiophene rings is 1. The predicted octanol–water partition coefficient (Wildman–Crippen LogP) is 4.30. The third-order valence-corrected chi connectivity index (χ3v) is 4.67. The summed E-state index contributed by atoms with van der Waals surface area (Å²) in [5.74, 6) is -0.302. The van der Waals surface area contributed by atoms with Crippen molar-refractivity contribution in [3.8, 4) is 0 Å². The summed E-state index contributed by atoms with van der Waals surface area (Å²) in [4.78, 5) is 22.8. The van der Waals surface area contributed by atoms with E-state index in [1.54, 1.807) is 0 Å². The smallest absolute Gasteiger partial charge is 0.324 e. The first-order valence-corrected chi connectivity index (χ1v) is 7.90. The van der Waals surface area contributed by atoms with Crippen LogP contribution in [0.5, 0.6) is 0 Å². The molecule has 0 saturated heterocycles. The monoisotopic (exact) mass is 326 g/mol. The molecule has 0 spiro atoms. The second-order valence-corrected chi connectivity index (χ2v) is 6.22. The molecule has 23 heavy (non-hydrogen) atoms. The number of nitrogens with one attached hydrogen (secondary N) is 1. The SMILES string of the molecule is CC(NC(=O)c1ccc([N+](=O)[O-])s1)c1cccc2ccccc12. The van der Waals surface area contributed by atoms with Crippen molar-refractivity contribution < 1.29 is 9.72 Å². The fourth-order valence-corrected chi connectivity index (χ4v) is 3.25. The Hall–Kier alpha value is -2.73. The van der Waals surface area contributed by atoms with Crippen LogP contribution in [0.1, 0.15) is 28.2 Å². The molecule has 5 nitrogen and oxygen atoms in total. The molecule has 0 radical (unpaired) electrons. The summed E-state index contributed by atoms with van der Waals surface area (Å²) in [5, 5.41) is 15.8. The highest BCUT2D eigenvalue weighted by molar-refractivity contribution is 7.17. The van der Waals surface area contributed by atoms with E-state index in [1.807, 2.05) is 49.4 Å². The molecule has 0 fully saturated rings. The highest BCUT2D eigenvalue weighted by Gasteiger charge is 2.18. The second-order valence-electron chi connectivity index (χ2n) is 5.16. The zero-order chi connectivity index (χ0) is 16.4. The summed E-state index contributed by atoms with van der Waals surface area (Å²) in [6.07, 6.45) is 0. The molecule has 0 aliphatic carbocycles. The van der Waals surface area contributed by atoms with Crippen molar-refractivity contribution in [3.05, 3.63) is 75.2 Å². The highest BCUT2D eigenvalue weighted by Crippen LogP contribution is 2.26. The molecule has 0 saturated carbocycles. The normalized spacial score (nSPS) is 12.0. The van der Waals surface area contributed by atoms with Crippen molar-refractivity contribution in [1.82, 2.24) is 5.32 Å². The van der Waals surface area contributed by atoms with Gasteiger partial charge in [-0.25, -0.2) is 0 Å². The number of hydrogen-bond acceptors (Lipinski definition) is 4. The van der Waals surface area contributed by atoms with Crippen molar-refractivity contribution in [3.63, 3.8) is 0 Å². The Morgan fingerprint density at radius 3 is 2.61 bits per heavy atom. The number of carbonyl (C=O) groups is 1. The molecule has 0 aliphatic heterocycles. The summed E-state index contributed by atoms with van der Waals surface area (Å²) in [6.45, 7) is 1.90. The first kappa shape index (κ1) is 15.2. The number of nitro groups is 1. The lowest BCUT2D eigenvalue weighted by atomic mass is 10.00. The molecular formula is C17H14N2O3S. The van der Waals surface area contributed by atoms with E-state index in [2.05, 4.69) is 5.32 Å². The fourth-order valence-electron chi connectivity index (χ4n) is 2.52. The number of benzene rings is 2. The molecule has 2 aromatic carbocycles. The van der Waals surface area contributed by atoms with Gasteiger partial charge in [-0.2, -0.15) is 0 Å². The number of rotatable bonds is 4. The van der Waals surface area contributed by atoms with Gasteiger partial charge in [0.2, 0.25) is 0 Å². The number of carbonyl (C=O) groups excluding carboxylic acids is 1. The maximum absolute atomic E-state index is 12.3. The van der Waals surface area contributed by atoms with Crippen molar-refractivity contribution >= 4 is 33.0 Å². The van der Waals surface area contributed by atoms with Gasteiger partial charge in [-0.3, -0.25) is 14.9 Å². The highest BCUT2D eigenvalue weighted by atomic mass is 32.1. The Bertz CT molecular complexity index is 883. The Balaban J connectivity index is 1.83. The van der Waals surface area contributed by atoms with Gasteiger partial charge >= 0.3 is 5.00 Å². The quantitative estimate of drug-likeness (QED) is 0.574. The maximum Gasteiger partial charge on any atom is 0.324 e. The van der Waals surface area contributed by atoms with Crippen LogP contribution >= 0.6 is 11.3 Å². The van der Waals surface area contributed by atoms with Crippen LogP contribution in [0.25, 0.3) is 10.8 Å². The zero-order valence-electron chi connectivity index (χ0n) is 12.4. The van der Waals surface area contributed by atoms with Crippen LogP contribution in [-0.4, -0.2) is 10.8 Å². The van der Waals surface area contributed by atoms with E-state index in [-0.39, 0.29) is 17.0 Å². The molecule has 3 rings (SSSR count). The third-order valence-electron chi connectivity index (χ3n) is 3.63. The Morgan fingerprint density at radius 2 is 1.87 bits per heavy atom. The van der Waals surface area contributed by atoms with Gasteiger partial charge in [0, 0.05) is 6.07 Å². The van der Waals surface area contributed by atoms with Crippen LogP contribution in [0.2, 0.25) is 0 Å². The summed E-state index contributed by atoms with van der Waals surface area (Å²) in [6, 6.07) is 16.6. The van der Waals surface area contributed by atoms with E-state index >= 15 is 0 Å². The predicted molar refractivity (Wildman–Crippen MR) is 90.8 cm³/mol. The van der Waals surface area contributed by atoms with Crippen LogP contribution in [-0.2, 0) is 0 Å². The molecule has 1 aromatic heterocycles. The Labute approximate surface area is 136 Å². The van der Waals surface area contributed by atoms with E-state index < -0.39 is 4.92 Å².